The first-order chi connectivity index (χ1) is 3.79. The first-order valence-electron chi connectivity index (χ1n) is 2.26. The summed E-state index contributed by atoms with van der Waals surface area (Å²) in [7, 11) is 0. The number of nitrogens with two attached hydrogens (primary N) is 2. The van der Waals surface area contributed by atoms with Crippen LogP contribution in [0.1, 0.15) is 0 Å². The van der Waals surface area contributed by atoms with Gasteiger partial charge in [-0.25, -0.2) is 4.98 Å². The number of hydrogen-bond acceptors (Lipinski definition) is 3. The predicted octanol–water partition coefficient (Wildman–Crippen LogP) is 1.09. The van der Waals surface area contributed by atoms with Gasteiger partial charge in [0.1, 0.15) is 5.82 Å². The molecule has 0 aliphatic heterocycles. The molecule has 0 aliphatic carbocycles. The number of pyridine rings is 1. The Balaban J connectivity index is 0. The van der Waals surface area contributed by atoms with Crippen molar-refractivity contribution in [1.29, 1.82) is 0 Å². The summed E-state index contributed by atoms with van der Waals surface area (Å²) in [5.41, 5.74) is 11.2. The van der Waals surface area contributed by atoms with Crippen LogP contribution >= 0.6 is 24.8 Å². The Labute approximate surface area is 71.6 Å². The summed E-state index contributed by atoms with van der Waals surface area (Å²) in [6.07, 6.45) is 1.52. The smallest absolute Gasteiger partial charge is 0.123 e. The summed E-state index contributed by atoms with van der Waals surface area (Å²) < 4.78 is 0. The summed E-state index contributed by atoms with van der Waals surface area (Å²) in [6, 6.07) is 3.37. The van der Waals surface area contributed by atoms with Crippen molar-refractivity contribution in [1.82, 2.24) is 4.98 Å². The second-order valence-electron chi connectivity index (χ2n) is 1.52. The summed E-state index contributed by atoms with van der Waals surface area (Å²) in [6.45, 7) is 0. The molecule has 1 aromatic rings. The van der Waals surface area contributed by atoms with Crippen molar-refractivity contribution < 1.29 is 0 Å². The van der Waals surface area contributed by atoms with Crippen molar-refractivity contribution in [3.05, 3.63) is 18.3 Å². The van der Waals surface area contributed by atoms with Gasteiger partial charge in [0.2, 0.25) is 0 Å². The number of rotatable bonds is 0. The van der Waals surface area contributed by atoms with Crippen molar-refractivity contribution >= 4 is 36.3 Å². The summed E-state index contributed by atoms with van der Waals surface area (Å²) in [5, 5.41) is 0. The number of nitrogen functional groups attached to an aromatic ring is 2. The fourth-order valence-corrected chi connectivity index (χ4v) is 0.417. The van der Waals surface area contributed by atoms with Crippen LogP contribution in [0.25, 0.3) is 0 Å². The van der Waals surface area contributed by atoms with Gasteiger partial charge < -0.3 is 11.5 Å². The Morgan fingerprint density at radius 3 is 2.00 bits per heavy atom. The average Bonchev–Trinajstić information content (AvgIpc) is 1.77. The topological polar surface area (TPSA) is 64.9 Å². The van der Waals surface area contributed by atoms with E-state index in [1.807, 2.05) is 0 Å². The van der Waals surface area contributed by atoms with E-state index >= 15 is 0 Å². The van der Waals surface area contributed by atoms with Gasteiger partial charge in [0.25, 0.3) is 0 Å². The molecule has 10 heavy (non-hydrogen) atoms. The fraction of sp³-hybridized carbons (Fsp3) is 0. The zero-order chi connectivity index (χ0) is 5.98. The van der Waals surface area contributed by atoms with Crippen molar-refractivity contribution in [3.63, 3.8) is 0 Å². The van der Waals surface area contributed by atoms with E-state index in [-0.39, 0.29) is 24.8 Å². The average molecular weight is 182 g/mol. The summed E-state index contributed by atoms with van der Waals surface area (Å²) >= 11 is 0. The lowest BCUT2D eigenvalue weighted by atomic mass is 10.4. The van der Waals surface area contributed by atoms with Gasteiger partial charge in [-0.3, -0.25) is 0 Å². The van der Waals surface area contributed by atoms with Crippen LogP contribution in [0.2, 0.25) is 0 Å². The van der Waals surface area contributed by atoms with Gasteiger partial charge in [0.05, 0.1) is 11.9 Å². The zero-order valence-corrected chi connectivity index (χ0v) is 6.78. The minimum Gasteiger partial charge on any atom is -0.397 e. The van der Waals surface area contributed by atoms with Gasteiger partial charge in [-0.2, -0.15) is 0 Å². The highest BCUT2D eigenvalue weighted by atomic mass is 35.5. The second kappa shape index (κ2) is 5.14. The molecule has 0 saturated heterocycles. The molecule has 4 N–H and O–H groups in total. The Hall–Kier alpha value is -0.670. The maximum absolute atomic E-state index is 5.31. The number of halogens is 2. The molecule has 0 atom stereocenters. The molecule has 1 rings (SSSR count). The molecule has 0 saturated carbocycles. The van der Waals surface area contributed by atoms with Crippen molar-refractivity contribution in [3.8, 4) is 0 Å². The lowest BCUT2D eigenvalue weighted by Gasteiger charge is -1.89. The summed E-state index contributed by atoms with van der Waals surface area (Å²) in [5.74, 6) is 0.499. The van der Waals surface area contributed by atoms with Crippen LogP contribution in [0.4, 0.5) is 11.5 Å². The molecule has 0 radical (unpaired) electrons. The summed E-state index contributed by atoms with van der Waals surface area (Å²) in [4.78, 5) is 3.73. The molecule has 0 spiro atoms. The number of nitrogens with zero attached hydrogens (tertiary/aromatic N) is 1. The molecule has 1 heterocycles. The van der Waals surface area contributed by atoms with Crippen LogP contribution in [0.3, 0.4) is 0 Å². The van der Waals surface area contributed by atoms with Crippen molar-refractivity contribution in [2.24, 2.45) is 0 Å². The third kappa shape index (κ3) is 3.37. The molecule has 0 aliphatic rings. The van der Waals surface area contributed by atoms with E-state index in [0.29, 0.717) is 11.5 Å². The Kier molecular flexibility index (Phi) is 6.20. The molecule has 0 bridgehead atoms. The molecule has 5 heteroatoms. The number of hydrogen-bond donors (Lipinski definition) is 2. The maximum Gasteiger partial charge on any atom is 0.123 e. The number of aromatic nitrogens is 1. The van der Waals surface area contributed by atoms with Crippen LogP contribution in [0, 0.1) is 0 Å². The third-order valence-electron chi connectivity index (χ3n) is 0.809. The molecule has 0 fully saturated rings. The van der Waals surface area contributed by atoms with E-state index < -0.39 is 0 Å². The minimum atomic E-state index is 0. The zero-order valence-electron chi connectivity index (χ0n) is 5.15. The first kappa shape index (κ1) is 12.0. The Bertz CT molecular complexity index is 154. The lowest BCUT2D eigenvalue weighted by Crippen LogP contribution is -1.90. The van der Waals surface area contributed by atoms with E-state index in [1.165, 1.54) is 6.20 Å². The standard InChI is InChI=1S/C5H7N3.2ClH/c6-4-1-2-5(7)8-3-4;;/h1-3H,6H2,(H2,7,8);2*1H. The molecule has 1 aromatic heterocycles. The minimum absolute atomic E-state index is 0. The van der Waals surface area contributed by atoms with Gasteiger partial charge in [0.15, 0.2) is 0 Å². The normalized spacial score (nSPS) is 7.20. The number of anilines is 2. The van der Waals surface area contributed by atoms with Gasteiger partial charge in [-0.05, 0) is 12.1 Å². The molecule has 58 valence electrons. The van der Waals surface area contributed by atoms with Crippen LogP contribution in [-0.2, 0) is 0 Å². The molecular weight excluding hydrogens is 173 g/mol. The molecular formula is C5H9Cl2N3. The van der Waals surface area contributed by atoms with E-state index in [1.54, 1.807) is 12.1 Å². The van der Waals surface area contributed by atoms with E-state index in [2.05, 4.69) is 4.98 Å². The molecule has 0 aromatic carbocycles. The van der Waals surface area contributed by atoms with Gasteiger partial charge in [-0.1, -0.05) is 0 Å². The van der Waals surface area contributed by atoms with Crippen molar-refractivity contribution in [2.75, 3.05) is 11.5 Å². The first-order valence-corrected chi connectivity index (χ1v) is 2.26. The highest BCUT2D eigenvalue weighted by Crippen LogP contribution is 1.99. The SMILES string of the molecule is Cl.Cl.Nc1ccc(N)nc1. The Morgan fingerprint density at radius 2 is 1.70 bits per heavy atom. The second-order valence-corrected chi connectivity index (χ2v) is 1.52. The maximum atomic E-state index is 5.31. The highest BCUT2D eigenvalue weighted by molar-refractivity contribution is 5.85. The monoisotopic (exact) mass is 181 g/mol. The van der Waals surface area contributed by atoms with Gasteiger partial charge in [-0.15, -0.1) is 24.8 Å². The van der Waals surface area contributed by atoms with Crippen LogP contribution in [0.15, 0.2) is 18.3 Å². The van der Waals surface area contributed by atoms with Crippen LogP contribution in [0.5, 0.6) is 0 Å². The van der Waals surface area contributed by atoms with Crippen molar-refractivity contribution in [2.45, 2.75) is 0 Å². The highest BCUT2D eigenvalue weighted by Gasteiger charge is 1.82. The molecule has 0 unspecified atom stereocenters. The largest absolute Gasteiger partial charge is 0.397 e. The Morgan fingerprint density at radius 1 is 1.10 bits per heavy atom. The fourth-order valence-electron chi connectivity index (χ4n) is 0.417. The van der Waals surface area contributed by atoms with Gasteiger partial charge >= 0.3 is 0 Å². The van der Waals surface area contributed by atoms with Crippen LogP contribution in [-0.4, -0.2) is 4.98 Å². The van der Waals surface area contributed by atoms with E-state index in [4.69, 9.17) is 11.5 Å². The predicted molar refractivity (Wildman–Crippen MR) is 47.6 cm³/mol. The van der Waals surface area contributed by atoms with Gasteiger partial charge in [0, 0.05) is 0 Å². The van der Waals surface area contributed by atoms with Crippen LogP contribution < -0.4 is 11.5 Å². The third-order valence-corrected chi connectivity index (χ3v) is 0.809. The molecule has 0 amide bonds. The molecule has 3 nitrogen and oxygen atoms in total. The quantitative estimate of drug-likeness (QED) is 0.631. The van der Waals surface area contributed by atoms with E-state index in [0.717, 1.165) is 0 Å². The lowest BCUT2D eigenvalue weighted by molar-refractivity contribution is 1.34. The van der Waals surface area contributed by atoms with E-state index in [9.17, 15) is 0 Å².